The summed E-state index contributed by atoms with van der Waals surface area (Å²) in [7, 11) is 0. The molecule has 14 heavy (non-hydrogen) atoms. The zero-order valence-electron chi connectivity index (χ0n) is 8.05. The van der Waals surface area contributed by atoms with Crippen LogP contribution >= 0.6 is 15.9 Å². The average molecular weight is 257 g/mol. The minimum atomic E-state index is -0.115. The molecule has 1 fully saturated rings. The van der Waals surface area contributed by atoms with Gasteiger partial charge in [0.25, 0.3) is 0 Å². The Morgan fingerprint density at radius 3 is 2.86 bits per heavy atom. The highest BCUT2D eigenvalue weighted by Crippen LogP contribution is 2.32. The highest BCUT2D eigenvalue weighted by Gasteiger charge is 2.22. The van der Waals surface area contributed by atoms with Gasteiger partial charge in [0.2, 0.25) is 0 Å². The SMILES string of the molecule is Fc1cccc(CC2CCC(Br)C2)c1. The summed E-state index contributed by atoms with van der Waals surface area (Å²) in [5.41, 5.74) is 1.14. The van der Waals surface area contributed by atoms with Crippen LogP contribution in [0.25, 0.3) is 0 Å². The maximum Gasteiger partial charge on any atom is 0.123 e. The Labute approximate surface area is 92.6 Å². The van der Waals surface area contributed by atoms with E-state index in [0.717, 1.165) is 17.9 Å². The first-order chi connectivity index (χ1) is 6.74. The topological polar surface area (TPSA) is 0 Å². The Bertz CT molecular complexity index is 311. The van der Waals surface area contributed by atoms with Crippen molar-refractivity contribution in [2.24, 2.45) is 5.92 Å². The lowest BCUT2D eigenvalue weighted by molar-refractivity contribution is 0.544. The van der Waals surface area contributed by atoms with E-state index in [0.29, 0.717) is 4.83 Å². The molecule has 2 unspecified atom stereocenters. The van der Waals surface area contributed by atoms with E-state index < -0.39 is 0 Å². The zero-order valence-corrected chi connectivity index (χ0v) is 9.63. The van der Waals surface area contributed by atoms with Gasteiger partial charge in [-0.1, -0.05) is 28.1 Å². The third kappa shape index (κ3) is 2.57. The molecule has 0 amide bonds. The van der Waals surface area contributed by atoms with Gasteiger partial charge in [-0.3, -0.25) is 0 Å². The van der Waals surface area contributed by atoms with Crippen molar-refractivity contribution >= 4 is 15.9 Å². The van der Waals surface area contributed by atoms with Crippen molar-refractivity contribution in [1.82, 2.24) is 0 Å². The maximum absolute atomic E-state index is 12.9. The molecule has 0 aromatic heterocycles. The van der Waals surface area contributed by atoms with Gasteiger partial charge in [0.15, 0.2) is 0 Å². The first-order valence-corrected chi connectivity index (χ1v) is 6.04. The van der Waals surface area contributed by atoms with Gasteiger partial charge in [0, 0.05) is 4.83 Å². The standard InChI is InChI=1S/C12H14BrF/c13-11-5-4-10(7-11)6-9-2-1-3-12(14)8-9/h1-3,8,10-11H,4-7H2. The van der Waals surface area contributed by atoms with Crippen molar-refractivity contribution in [1.29, 1.82) is 0 Å². The summed E-state index contributed by atoms with van der Waals surface area (Å²) in [6.07, 6.45) is 4.79. The van der Waals surface area contributed by atoms with Gasteiger partial charge >= 0.3 is 0 Å². The van der Waals surface area contributed by atoms with Crippen molar-refractivity contribution in [3.63, 3.8) is 0 Å². The van der Waals surface area contributed by atoms with Gasteiger partial charge in [-0.25, -0.2) is 4.39 Å². The van der Waals surface area contributed by atoms with E-state index in [-0.39, 0.29) is 5.82 Å². The molecule has 1 saturated carbocycles. The number of benzene rings is 1. The van der Waals surface area contributed by atoms with Gasteiger partial charge in [-0.15, -0.1) is 0 Å². The molecule has 2 atom stereocenters. The van der Waals surface area contributed by atoms with Crippen LogP contribution in [0.1, 0.15) is 24.8 Å². The minimum absolute atomic E-state index is 0.115. The molecule has 2 rings (SSSR count). The van der Waals surface area contributed by atoms with Crippen LogP contribution in [-0.2, 0) is 6.42 Å². The molecule has 1 aliphatic rings. The van der Waals surface area contributed by atoms with E-state index in [1.807, 2.05) is 6.07 Å². The van der Waals surface area contributed by atoms with Gasteiger partial charge in [0.05, 0.1) is 0 Å². The summed E-state index contributed by atoms with van der Waals surface area (Å²) < 4.78 is 12.9. The van der Waals surface area contributed by atoms with E-state index in [1.165, 1.54) is 25.3 Å². The van der Waals surface area contributed by atoms with Gasteiger partial charge in [0.1, 0.15) is 5.82 Å². The third-order valence-corrected chi connectivity index (χ3v) is 3.72. The Hall–Kier alpha value is -0.370. The van der Waals surface area contributed by atoms with E-state index in [9.17, 15) is 4.39 Å². The van der Waals surface area contributed by atoms with Gasteiger partial charge in [-0.05, 0) is 49.3 Å². The fraction of sp³-hybridized carbons (Fsp3) is 0.500. The molecule has 1 aromatic carbocycles. The summed E-state index contributed by atoms with van der Waals surface area (Å²) in [6.45, 7) is 0. The predicted molar refractivity (Wildman–Crippen MR) is 60.2 cm³/mol. The molecule has 76 valence electrons. The Balaban J connectivity index is 1.97. The third-order valence-electron chi connectivity index (χ3n) is 2.89. The van der Waals surface area contributed by atoms with Crippen molar-refractivity contribution in [2.45, 2.75) is 30.5 Å². The van der Waals surface area contributed by atoms with Crippen LogP contribution in [0.2, 0.25) is 0 Å². The van der Waals surface area contributed by atoms with Crippen LogP contribution in [0.5, 0.6) is 0 Å². The molecular weight excluding hydrogens is 243 g/mol. The van der Waals surface area contributed by atoms with E-state index in [1.54, 1.807) is 12.1 Å². The van der Waals surface area contributed by atoms with Crippen LogP contribution in [0.15, 0.2) is 24.3 Å². The molecule has 1 aromatic rings. The molecule has 0 aliphatic heterocycles. The molecule has 2 heteroatoms. The zero-order chi connectivity index (χ0) is 9.97. The first kappa shape index (κ1) is 10.2. The summed E-state index contributed by atoms with van der Waals surface area (Å²) in [4.78, 5) is 0.682. The van der Waals surface area contributed by atoms with Gasteiger partial charge < -0.3 is 0 Å². The number of rotatable bonds is 2. The lowest BCUT2D eigenvalue weighted by Crippen LogP contribution is -2.00. The highest BCUT2D eigenvalue weighted by molar-refractivity contribution is 9.09. The molecule has 0 saturated heterocycles. The smallest absolute Gasteiger partial charge is 0.123 e. The van der Waals surface area contributed by atoms with Crippen LogP contribution in [0.3, 0.4) is 0 Å². The monoisotopic (exact) mass is 256 g/mol. The number of hydrogen-bond donors (Lipinski definition) is 0. The van der Waals surface area contributed by atoms with E-state index >= 15 is 0 Å². The van der Waals surface area contributed by atoms with Crippen LogP contribution < -0.4 is 0 Å². The highest BCUT2D eigenvalue weighted by atomic mass is 79.9. The molecular formula is C12H14BrF. The number of hydrogen-bond acceptors (Lipinski definition) is 0. The molecule has 0 heterocycles. The fourth-order valence-electron chi connectivity index (χ4n) is 2.20. The van der Waals surface area contributed by atoms with Crippen molar-refractivity contribution < 1.29 is 4.39 Å². The quantitative estimate of drug-likeness (QED) is 0.704. The summed E-state index contributed by atoms with van der Waals surface area (Å²) in [6, 6.07) is 6.98. The molecule has 1 aliphatic carbocycles. The summed E-state index contributed by atoms with van der Waals surface area (Å²) in [5, 5.41) is 0. The lowest BCUT2D eigenvalue weighted by Gasteiger charge is -2.08. The van der Waals surface area contributed by atoms with E-state index in [2.05, 4.69) is 15.9 Å². The second-order valence-corrected chi connectivity index (χ2v) is 5.41. The van der Waals surface area contributed by atoms with Gasteiger partial charge in [-0.2, -0.15) is 0 Å². The average Bonchev–Trinajstić information content (AvgIpc) is 2.51. The molecule has 0 N–H and O–H groups in total. The predicted octanol–water partition coefficient (Wildman–Crippen LogP) is 3.93. The molecule has 0 nitrogen and oxygen atoms in total. The minimum Gasteiger partial charge on any atom is -0.207 e. The van der Waals surface area contributed by atoms with Crippen LogP contribution in [0.4, 0.5) is 4.39 Å². The van der Waals surface area contributed by atoms with Crippen molar-refractivity contribution in [2.75, 3.05) is 0 Å². The van der Waals surface area contributed by atoms with Crippen molar-refractivity contribution in [3.8, 4) is 0 Å². The number of alkyl halides is 1. The fourth-order valence-corrected chi connectivity index (χ4v) is 2.99. The Morgan fingerprint density at radius 2 is 2.21 bits per heavy atom. The summed E-state index contributed by atoms with van der Waals surface area (Å²) >= 11 is 3.63. The van der Waals surface area contributed by atoms with E-state index in [4.69, 9.17) is 0 Å². The van der Waals surface area contributed by atoms with Crippen molar-refractivity contribution in [3.05, 3.63) is 35.6 Å². The molecule has 0 radical (unpaired) electrons. The summed E-state index contributed by atoms with van der Waals surface area (Å²) in [5.74, 6) is 0.622. The second kappa shape index (κ2) is 4.43. The Kier molecular flexibility index (Phi) is 3.22. The first-order valence-electron chi connectivity index (χ1n) is 5.12. The molecule has 0 bridgehead atoms. The van der Waals surface area contributed by atoms with Crippen LogP contribution in [-0.4, -0.2) is 4.83 Å². The normalized spacial score (nSPS) is 26.7. The van der Waals surface area contributed by atoms with Crippen LogP contribution in [0, 0.1) is 11.7 Å². The lowest BCUT2D eigenvalue weighted by atomic mass is 9.98. The Morgan fingerprint density at radius 1 is 1.36 bits per heavy atom. The number of halogens is 2. The largest absolute Gasteiger partial charge is 0.207 e. The maximum atomic E-state index is 12.9. The molecule has 0 spiro atoms. The second-order valence-electron chi connectivity index (χ2n) is 4.11.